The van der Waals surface area contributed by atoms with E-state index in [4.69, 9.17) is 37.2 Å². The first-order valence-electron chi connectivity index (χ1n) is 13.2. The van der Waals surface area contributed by atoms with E-state index in [9.17, 15) is 0 Å². The second-order valence-corrected chi connectivity index (χ2v) is 9.90. The molecular weight excluding hydrogens is 447 g/mol. The van der Waals surface area contributed by atoms with Crippen LogP contribution in [0.15, 0.2) is 0 Å². The van der Waals surface area contributed by atoms with Crippen molar-refractivity contribution in [2.45, 2.75) is 126 Å². The summed E-state index contributed by atoms with van der Waals surface area (Å²) in [6, 6.07) is 0. The minimum absolute atomic E-state index is 0.0359. The monoisotopic (exact) mass is 502 g/mol. The van der Waals surface area contributed by atoms with Crippen LogP contribution in [0.1, 0.15) is 75.7 Å². The molecule has 0 spiro atoms. The van der Waals surface area contributed by atoms with E-state index in [1.165, 1.54) is 0 Å². The van der Waals surface area contributed by atoms with Gasteiger partial charge in [-0.3, -0.25) is 0 Å². The molecule has 0 N–H and O–H groups in total. The lowest BCUT2D eigenvalue weighted by atomic mass is 9.90. The van der Waals surface area contributed by atoms with E-state index < -0.39 is 0 Å². The third kappa shape index (κ3) is 20.7. The normalized spacial score (nSPS) is 18.2. The smallest absolute Gasteiger partial charge is 0.412 e. The molecule has 2 rings (SSSR count). The lowest BCUT2D eigenvalue weighted by Crippen LogP contribution is -2.41. The van der Waals surface area contributed by atoms with Crippen molar-refractivity contribution in [2.24, 2.45) is 0 Å². The van der Waals surface area contributed by atoms with Gasteiger partial charge in [0.2, 0.25) is 0 Å². The van der Waals surface area contributed by atoms with Gasteiger partial charge in [-0.2, -0.15) is 0 Å². The van der Waals surface area contributed by atoms with E-state index in [2.05, 4.69) is 27.7 Å². The van der Waals surface area contributed by atoms with E-state index in [-0.39, 0.29) is 51.9 Å². The molecule has 0 atom stereocenters. The van der Waals surface area contributed by atoms with Crippen LogP contribution in [0, 0.1) is 0 Å². The Morgan fingerprint density at radius 2 is 1.09 bits per heavy atom. The molecule has 0 amide bonds. The molecule has 206 valence electrons. The topological polar surface area (TPSA) is 73.8 Å². The Hall–Kier alpha value is -0.0603. The third-order valence-electron chi connectivity index (χ3n) is 5.10. The molecule has 0 saturated carbocycles. The summed E-state index contributed by atoms with van der Waals surface area (Å²) in [5, 5.41) is 0. The van der Waals surface area contributed by atoms with Crippen LogP contribution in [0.25, 0.3) is 0 Å². The fourth-order valence-electron chi connectivity index (χ4n) is 3.06. The van der Waals surface area contributed by atoms with Gasteiger partial charge in [-0.1, -0.05) is 0 Å². The van der Waals surface area contributed by atoms with Crippen molar-refractivity contribution in [1.82, 2.24) is 0 Å². The summed E-state index contributed by atoms with van der Waals surface area (Å²) in [4.78, 5) is 0. The standard InChI is InChI=1S/C7H15BO2.C7H17BO2.C5H13BO2.C4H9BO2/c1-6(2)7(3,4)10-8(5)9-6;1-6(2)9-8(5)10-7(3)4;1-4-7-6(3)8-5-2;1-5-6-3-2-4-7-5/h1-5H3;6-7H,1-5H3;4-5H2,1-3H3;2-4H2,1H3. The van der Waals surface area contributed by atoms with E-state index in [0.717, 1.165) is 32.8 Å². The summed E-state index contributed by atoms with van der Waals surface area (Å²) in [7, 11) is -0.149. The minimum atomic E-state index is -0.160. The van der Waals surface area contributed by atoms with Gasteiger partial charge in [0.15, 0.2) is 0 Å². The summed E-state index contributed by atoms with van der Waals surface area (Å²) in [6.45, 7) is 30.9. The first-order valence-corrected chi connectivity index (χ1v) is 13.2. The molecule has 8 nitrogen and oxygen atoms in total. The third-order valence-corrected chi connectivity index (χ3v) is 5.10. The molecule has 2 aliphatic rings. The molecule has 2 aliphatic heterocycles. The second kappa shape index (κ2) is 20.0. The first kappa shape index (κ1) is 37.1. The number of hydrogen-bond acceptors (Lipinski definition) is 8. The van der Waals surface area contributed by atoms with Gasteiger partial charge in [0.25, 0.3) is 0 Å². The molecule has 2 heterocycles. The molecule has 0 aromatic carbocycles. The van der Waals surface area contributed by atoms with Crippen LogP contribution in [0.4, 0.5) is 0 Å². The van der Waals surface area contributed by atoms with Crippen LogP contribution in [0.2, 0.25) is 27.3 Å². The fraction of sp³-hybridized carbons (Fsp3) is 1.00. The Balaban J connectivity index is 0. The zero-order chi connectivity index (χ0) is 27.7. The largest absolute Gasteiger partial charge is 0.454 e. The van der Waals surface area contributed by atoms with Crippen LogP contribution in [0.3, 0.4) is 0 Å². The lowest BCUT2D eigenvalue weighted by Gasteiger charge is -2.32. The summed E-state index contributed by atoms with van der Waals surface area (Å²) in [6.07, 6.45) is 1.53. The molecule has 0 bridgehead atoms. The number of rotatable bonds is 8. The predicted octanol–water partition coefficient (Wildman–Crippen LogP) is 5.38. The van der Waals surface area contributed by atoms with Gasteiger partial charge in [-0.15, -0.1) is 0 Å². The Kier molecular flexibility index (Phi) is 21.2. The molecule has 2 saturated heterocycles. The van der Waals surface area contributed by atoms with Gasteiger partial charge >= 0.3 is 28.5 Å². The molecule has 0 aromatic rings. The van der Waals surface area contributed by atoms with Gasteiger partial charge in [0.1, 0.15) is 0 Å². The Labute approximate surface area is 218 Å². The number of hydrogen-bond donors (Lipinski definition) is 0. The maximum atomic E-state index is 5.54. The maximum Gasteiger partial charge on any atom is 0.454 e. The quantitative estimate of drug-likeness (QED) is 0.410. The Bertz CT molecular complexity index is 460. The van der Waals surface area contributed by atoms with Gasteiger partial charge in [0, 0.05) is 38.6 Å². The lowest BCUT2D eigenvalue weighted by molar-refractivity contribution is 0.00578. The summed E-state index contributed by atoms with van der Waals surface area (Å²) in [5.41, 5.74) is -0.321. The highest BCUT2D eigenvalue weighted by Crippen LogP contribution is 2.36. The van der Waals surface area contributed by atoms with Crippen molar-refractivity contribution in [3.05, 3.63) is 0 Å². The predicted molar refractivity (Wildman–Crippen MR) is 149 cm³/mol. The van der Waals surface area contributed by atoms with E-state index in [0.29, 0.717) is 0 Å². The zero-order valence-electron chi connectivity index (χ0n) is 25.3. The van der Waals surface area contributed by atoms with Crippen molar-refractivity contribution in [3.8, 4) is 0 Å². The van der Waals surface area contributed by atoms with Crippen LogP contribution < -0.4 is 0 Å². The highest BCUT2D eigenvalue weighted by atomic mass is 16.7. The zero-order valence-corrected chi connectivity index (χ0v) is 25.3. The Morgan fingerprint density at radius 1 is 0.714 bits per heavy atom. The molecule has 12 heteroatoms. The Morgan fingerprint density at radius 3 is 1.29 bits per heavy atom. The molecular formula is C23H54B4O8. The van der Waals surface area contributed by atoms with Crippen molar-refractivity contribution in [1.29, 1.82) is 0 Å². The average molecular weight is 502 g/mol. The minimum Gasteiger partial charge on any atom is -0.412 e. The summed E-state index contributed by atoms with van der Waals surface area (Å²) >= 11 is 0. The summed E-state index contributed by atoms with van der Waals surface area (Å²) in [5.74, 6) is 0. The fourth-order valence-corrected chi connectivity index (χ4v) is 3.06. The van der Waals surface area contributed by atoms with Gasteiger partial charge in [-0.25, -0.2) is 0 Å². The van der Waals surface area contributed by atoms with Gasteiger partial charge in [-0.05, 0) is 103 Å². The SMILES string of the molecule is CB(OC(C)C)OC(C)C.CB1OC(C)(C)C(C)(C)O1.CB1OCCCO1.CCOB(C)OCC. The van der Waals surface area contributed by atoms with Crippen LogP contribution in [-0.4, -0.2) is 78.3 Å². The van der Waals surface area contributed by atoms with Crippen LogP contribution in [-0.2, 0) is 37.2 Å². The van der Waals surface area contributed by atoms with Crippen LogP contribution in [0.5, 0.6) is 0 Å². The highest BCUT2D eigenvalue weighted by Gasteiger charge is 2.48. The highest BCUT2D eigenvalue weighted by molar-refractivity contribution is 6.44. The van der Waals surface area contributed by atoms with Crippen molar-refractivity contribution < 1.29 is 37.2 Å². The van der Waals surface area contributed by atoms with E-state index in [1.807, 2.05) is 68.8 Å². The van der Waals surface area contributed by atoms with Crippen LogP contribution >= 0.6 is 0 Å². The molecule has 0 radical (unpaired) electrons. The molecule has 2 fully saturated rings. The van der Waals surface area contributed by atoms with Crippen molar-refractivity contribution in [2.75, 3.05) is 26.4 Å². The maximum absolute atomic E-state index is 5.54. The molecule has 35 heavy (non-hydrogen) atoms. The average Bonchev–Trinajstić information content (AvgIpc) is 2.87. The van der Waals surface area contributed by atoms with Gasteiger partial charge in [0.05, 0.1) is 11.2 Å². The summed E-state index contributed by atoms with van der Waals surface area (Å²) < 4.78 is 42.0. The van der Waals surface area contributed by atoms with E-state index >= 15 is 0 Å². The van der Waals surface area contributed by atoms with Gasteiger partial charge < -0.3 is 37.2 Å². The van der Waals surface area contributed by atoms with Crippen molar-refractivity contribution >= 4 is 28.5 Å². The molecule has 0 aliphatic carbocycles. The second-order valence-electron chi connectivity index (χ2n) is 9.90. The molecule has 0 unspecified atom stereocenters. The van der Waals surface area contributed by atoms with E-state index in [1.54, 1.807) is 0 Å². The first-order chi connectivity index (χ1) is 16.1. The molecule has 0 aromatic heterocycles. The van der Waals surface area contributed by atoms with Crippen molar-refractivity contribution in [3.63, 3.8) is 0 Å².